The molecule has 1 heteroatoms. The third kappa shape index (κ3) is 4.22. The summed E-state index contributed by atoms with van der Waals surface area (Å²) in [6.45, 7) is 8.40. The van der Waals surface area contributed by atoms with Gasteiger partial charge in [0.25, 0.3) is 0 Å². The summed E-state index contributed by atoms with van der Waals surface area (Å²) in [4.78, 5) is 0. The molecule has 0 aliphatic rings. The lowest BCUT2D eigenvalue weighted by Crippen LogP contribution is -2.23. The fourth-order valence-corrected chi connectivity index (χ4v) is 0.577. The first kappa shape index (κ1) is 8.70. The van der Waals surface area contributed by atoms with Crippen molar-refractivity contribution in [2.45, 2.75) is 33.7 Å². The summed E-state index contributed by atoms with van der Waals surface area (Å²) in [5.74, 6) is 0.555. The molecule has 0 aliphatic heterocycles. The van der Waals surface area contributed by atoms with Crippen LogP contribution in [-0.2, 0) is 0 Å². The normalized spacial score (nSPS) is 13.6. The highest BCUT2D eigenvalue weighted by atomic mass is 14.6. The Morgan fingerprint density at radius 2 is 1.78 bits per heavy atom. The minimum absolute atomic E-state index is 0.231. The van der Waals surface area contributed by atoms with Gasteiger partial charge in [0.05, 0.1) is 0 Å². The molecule has 0 bridgehead atoms. The Balaban J connectivity index is 3.76. The molecule has 2 N–H and O–H groups in total. The molecule has 0 aliphatic carbocycles. The van der Waals surface area contributed by atoms with E-state index in [-0.39, 0.29) is 6.04 Å². The van der Waals surface area contributed by atoms with Crippen molar-refractivity contribution in [2.24, 2.45) is 11.7 Å². The van der Waals surface area contributed by atoms with Crippen molar-refractivity contribution in [1.29, 1.82) is 0 Å². The minimum Gasteiger partial charge on any atom is -0.324 e. The Morgan fingerprint density at radius 3 is 1.89 bits per heavy atom. The monoisotopic (exact) mass is 127 g/mol. The van der Waals surface area contributed by atoms with Crippen molar-refractivity contribution in [1.82, 2.24) is 0 Å². The maximum atomic E-state index is 5.74. The summed E-state index contributed by atoms with van der Waals surface area (Å²) >= 11 is 0. The van der Waals surface area contributed by atoms with Crippen molar-refractivity contribution in [2.75, 3.05) is 0 Å². The molecule has 0 aromatic rings. The van der Waals surface area contributed by atoms with Crippen LogP contribution in [0, 0.1) is 5.92 Å². The molecule has 0 spiro atoms. The molecule has 0 radical (unpaired) electrons. The van der Waals surface area contributed by atoms with Gasteiger partial charge < -0.3 is 5.73 Å². The zero-order valence-electron chi connectivity index (χ0n) is 6.81. The van der Waals surface area contributed by atoms with Crippen molar-refractivity contribution in [3.05, 3.63) is 11.6 Å². The summed E-state index contributed by atoms with van der Waals surface area (Å²) in [6.07, 6.45) is 2.10. The first-order chi connectivity index (χ1) is 4.04. The first-order valence-corrected chi connectivity index (χ1v) is 3.44. The van der Waals surface area contributed by atoms with E-state index in [0.29, 0.717) is 5.92 Å². The second-order valence-electron chi connectivity index (χ2n) is 3.07. The molecule has 0 saturated heterocycles. The van der Waals surface area contributed by atoms with Crippen LogP contribution in [0.4, 0.5) is 0 Å². The number of rotatable bonds is 2. The van der Waals surface area contributed by atoms with E-state index in [2.05, 4.69) is 33.8 Å². The fourth-order valence-electron chi connectivity index (χ4n) is 0.577. The summed E-state index contributed by atoms with van der Waals surface area (Å²) in [7, 11) is 0. The Labute approximate surface area is 57.9 Å². The summed E-state index contributed by atoms with van der Waals surface area (Å²) < 4.78 is 0. The highest BCUT2D eigenvalue weighted by Gasteiger charge is 2.01. The van der Waals surface area contributed by atoms with E-state index in [4.69, 9.17) is 5.73 Å². The van der Waals surface area contributed by atoms with Gasteiger partial charge in [-0.25, -0.2) is 0 Å². The van der Waals surface area contributed by atoms with Gasteiger partial charge >= 0.3 is 0 Å². The van der Waals surface area contributed by atoms with Gasteiger partial charge in [0, 0.05) is 6.04 Å². The van der Waals surface area contributed by atoms with E-state index in [1.54, 1.807) is 0 Å². The largest absolute Gasteiger partial charge is 0.324 e. The van der Waals surface area contributed by atoms with Gasteiger partial charge in [-0.1, -0.05) is 25.5 Å². The Kier molecular flexibility index (Phi) is 3.55. The van der Waals surface area contributed by atoms with Crippen LogP contribution >= 0.6 is 0 Å². The van der Waals surface area contributed by atoms with E-state index in [1.165, 1.54) is 5.57 Å². The van der Waals surface area contributed by atoms with E-state index in [1.807, 2.05) is 0 Å². The van der Waals surface area contributed by atoms with Gasteiger partial charge in [-0.05, 0) is 19.8 Å². The standard InChI is InChI=1S/C8H17N/c1-6(2)5-8(9)7(3)4/h5,7-8H,9H2,1-4H3. The Morgan fingerprint density at radius 1 is 1.33 bits per heavy atom. The number of hydrogen-bond donors (Lipinski definition) is 1. The molecule has 0 saturated carbocycles. The smallest absolute Gasteiger partial charge is 0.0249 e. The molecule has 54 valence electrons. The maximum absolute atomic E-state index is 5.74. The predicted molar refractivity (Wildman–Crippen MR) is 42.2 cm³/mol. The van der Waals surface area contributed by atoms with Crippen LogP contribution in [0.15, 0.2) is 11.6 Å². The molecule has 0 heterocycles. The molecule has 1 unspecified atom stereocenters. The third-order valence-electron chi connectivity index (χ3n) is 1.30. The van der Waals surface area contributed by atoms with Crippen LogP contribution in [0.5, 0.6) is 0 Å². The molecular weight excluding hydrogens is 110 g/mol. The number of hydrogen-bond acceptors (Lipinski definition) is 1. The van der Waals surface area contributed by atoms with Crippen LogP contribution in [0.3, 0.4) is 0 Å². The van der Waals surface area contributed by atoms with Crippen LogP contribution in [-0.4, -0.2) is 6.04 Å². The van der Waals surface area contributed by atoms with Gasteiger partial charge in [-0.2, -0.15) is 0 Å². The Bertz CT molecular complexity index is 99.1. The topological polar surface area (TPSA) is 26.0 Å². The van der Waals surface area contributed by atoms with Gasteiger partial charge in [0.1, 0.15) is 0 Å². The molecule has 0 amide bonds. The SMILES string of the molecule is CC(C)=CC(N)C(C)C. The highest BCUT2D eigenvalue weighted by Crippen LogP contribution is 2.02. The molecule has 1 nitrogen and oxygen atoms in total. The van der Waals surface area contributed by atoms with E-state index in [0.717, 1.165) is 0 Å². The second-order valence-corrected chi connectivity index (χ2v) is 3.07. The zero-order valence-corrected chi connectivity index (χ0v) is 6.81. The van der Waals surface area contributed by atoms with Gasteiger partial charge in [-0.3, -0.25) is 0 Å². The minimum atomic E-state index is 0.231. The Hall–Kier alpha value is -0.300. The lowest BCUT2D eigenvalue weighted by Gasteiger charge is -2.10. The lowest BCUT2D eigenvalue weighted by molar-refractivity contribution is 0.568. The van der Waals surface area contributed by atoms with Crippen LogP contribution in [0.25, 0.3) is 0 Å². The average molecular weight is 127 g/mol. The maximum Gasteiger partial charge on any atom is 0.0249 e. The molecule has 0 aromatic heterocycles. The van der Waals surface area contributed by atoms with Gasteiger partial charge in [-0.15, -0.1) is 0 Å². The number of allylic oxidation sites excluding steroid dienone is 1. The molecule has 0 fully saturated rings. The molecule has 1 atom stereocenters. The second kappa shape index (κ2) is 3.67. The van der Waals surface area contributed by atoms with E-state index < -0.39 is 0 Å². The molecule has 0 rings (SSSR count). The third-order valence-corrected chi connectivity index (χ3v) is 1.30. The van der Waals surface area contributed by atoms with Crippen LogP contribution < -0.4 is 5.73 Å². The zero-order chi connectivity index (χ0) is 7.44. The quantitative estimate of drug-likeness (QED) is 0.564. The number of nitrogens with two attached hydrogens (primary N) is 1. The van der Waals surface area contributed by atoms with Crippen molar-refractivity contribution < 1.29 is 0 Å². The van der Waals surface area contributed by atoms with Crippen molar-refractivity contribution in [3.63, 3.8) is 0 Å². The molecular formula is C8H17N. The fraction of sp³-hybridized carbons (Fsp3) is 0.750. The van der Waals surface area contributed by atoms with Crippen LogP contribution in [0.2, 0.25) is 0 Å². The molecule has 9 heavy (non-hydrogen) atoms. The van der Waals surface area contributed by atoms with E-state index in [9.17, 15) is 0 Å². The summed E-state index contributed by atoms with van der Waals surface area (Å²) in [5.41, 5.74) is 7.04. The first-order valence-electron chi connectivity index (χ1n) is 3.44. The van der Waals surface area contributed by atoms with Crippen molar-refractivity contribution >= 4 is 0 Å². The van der Waals surface area contributed by atoms with Crippen LogP contribution in [0.1, 0.15) is 27.7 Å². The van der Waals surface area contributed by atoms with E-state index >= 15 is 0 Å². The summed E-state index contributed by atoms with van der Waals surface area (Å²) in [6, 6.07) is 0.231. The molecule has 0 aromatic carbocycles. The van der Waals surface area contributed by atoms with Gasteiger partial charge in [0.15, 0.2) is 0 Å². The highest BCUT2D eigenvalue weighted by molar-refractivity contribution is 5.00. The summed E-state index contributed by atoms with van der Waals surface area (Å²) in [5, 5.41) is 0. The predicted octanol–water partition coefficient (Wildman–Crippen LogP) is 1.94. The van der Waals surface area contributed by atoms with Crippen molar-refractivity contribution in [3.8, 4) is 0 Å². The lowest BCUT2D eigenvalue weighted by atomic mass is 10.0. The van der Waals surface area contributed by atoms with Gasteiger partial charge in [0.2, 0.25) is 0 Å². The average Bonchev–Trinajstić information content (AvgIpc) is 1.63.